The third kappa shape index (κ3) is 3.44. The Balaban J connectivity index is 2.29. The predicted molar refractivity (Wildman–Crippen MR) is 79.5 cm³/mol. The van der Waals surface area contributed by atoms with Gasteiger partial charge in [-0.15, -0.1) is 0 Å². The minimum atomic E-state index is 0.736. The van der Waals surface area contributed by atoms with Crippen molar-refractivity contribution >= 4 is 10.8 Å². The van der Waals surface area contributed by atoms with Gasteiger partial charge in [0.25, 0.3) is 0 Å². The summed E-state index contributed by atoms with van der Waals surface area (Å²) < 4.78 is 5.79. The number of ether oxygens (including phenoxy) is 1. The van der Waals surface area contributed by atoms with Crippen LogP contribution < -0.4 is 10.1 Å². The Kier molecular flexibility index (Phi) is 5.16. The quantitative estimate of drug-likeness (QED) is 0.771. The van der Waals surface area contributed by atoms with E-state index in [1.54, 1.807) is 0 Å². The van der Waals surface area contributed by atoms with Crippen LogP contribution in [0.25, 0.3) is 10.8 Å². The Morgan fingerprint density at radius 1 is 1.16 bits per heavy atom. The summed E-state index contributed by atoms with van der Waals surface area (Å²) in [7, 11) is 0. The van der Waals surface area contributed by atoms with Gasteiger partial charge in [0.2, 0.25) is 5.88 Å². The van der Waals surface area contributed by atoms with E-state index in [-0.39, 0.29) is 0 Å². The highest BCUT2D eigenvalue weighted by Gasteiger charge is 2.07. The van der Waals surface area contributed by atoms with Crippen LogP contribution in [0.2, 0.25) is 0 Å². The van der Waals surface area contributed by atoms with Gasteiger partial charge in [-0.25, -0.2) is 4.98 Å². The monoisotopic (exact) mass is 258 g/mol. The van der Waals surface area contributed by atoms with Gasteiger partial charge >= 0.3 is 0 Å². The van der Waals surface area contributed by atoms with E-state index in [2.05, 4.69) is 42.3 Å². The van der Waals surface area contributed by atoms with Gasteiger partial charge in [-0.2, -0.15) is 0 Å². The van der Waals surface area contributed by atoms with Gasteiger partial charge in [-0.3, -0.25) is 0 Å². The van der Waals surface area contributed by atoms with E-state index in [0.717, 1.165) is 43.8 Å². The lowest BCUT2D eigenvalue weighted by Crippen LogP contribution is -2.12. The molecular formula is C16H22N2O. The molecule has 0 radical (unpaired) electrons. The number of aromatic nitrogens is 1. The molecular weight excluding hydrogens is 236 g/mol. The maximum absolute atomic E-state index is 5.79. The van der Waals surface area contributed by atoms with E-state index in [0.29, 0.717) is 0 Å². The van der Waals surface area contributed by atoms with Crippen molar-refractivity contribution in [2.75, 3.05) is 13.2 Å². The summed E-state index contributed by atoms with van der Waals surface area (Å²) in [5.41, 5.74) is 1.22. The fourth-order valence-electron chi connectivity index (χ4n) is 2.05. The molecule has 3 heteroatoms. The number of hydrogen-bond acceptors (Lipinski definition) is 3. The van der Waals surface area contributed by atoms with Crippen molar-refractivity contribution in [1.82, 2.24) is 10.3 Å². The van der Waals surface area contributed by atoms with Gasteiger partial charge in [-0.05, 0) is 30.0 Å². The summed E-state index contributed by atoms with van der Waals surface area (Å²) in [4.78, 5) is 4.47. The van der Waals surface area contributed by atoms with Crippen LogP contribution in [0.1, 0.15) is 32.3 Å². The third-order valence-electron chi connectivity index (χ3n) is 3.14. The van der Waals surface area contributed by atoms with Crippen LogP contribution >= 0.6 is 0 Å². The van der Waals surface area contributed by atoms with Crippen molar-refractivity contribution in [3.05, 3.63) is 36.0 Å². The molecule has 0 saturated heterocycles. The van der Waals surface area contributed by atoms with Crippen LogP contribution in [0, 0.1) is 0 Å². The van der Waals surface area contributed by atoms with E-state index < -0.39 is 0 Å². The molecule has 1 N–H and O–H groups in total. The topological polar surface area (TPSA) is 34.1 Å². The third-order valence-corrected chi connectivity index (χ3v) is 3.14. The second-order valence-electron chi connectivity index (χ2n) is 4.62. The summed E-state index contributed by atoms with van der Waals surface area (Å²) >= 11 is 0. The minimum Gasteiger partial charge on any atom is -0.477 e. The Morgan fingerprint density at radius 3 is 2.68 bits per heavy atom. The lowest BCUT2D eigenvalue weighted by molar-refractivity contribution is 0.301. The van der Waals surface area contributed by atoms with Gasteiger partial charge in [0.15, 0.2) is 0 Å². The molecule has 0 unspecified atom stereocenters. The zero-order valence-electron chi connectivity index (χ0n) is 11.8. The van der Waals surface area contributed by atoms with Crippen molar-refractivity contribution in [2.45, 2.75) is 33.2 Å². The molecule has 0 aliphatic carbocycles. The zero-order chi connectivity index (χ0) is 13.5. The first-order valence-corrected chi connectivity index (χ1v) is 7.07. The molecule has 0 amide bonds. The van der Waals surface area contributed by atoms with Gasteiger partial charge in [0.05, 0.1) is 6.61 Å². The molecule has 1 aromatic heterocycles. The molecule has 19 heavy (non-hydrogen) atoms. The zero-order valence-corrected chi connectivity index (χ0v) is 11.8. The van der Waals surface area contributed by atoms with Crippen LogP contribution in [-0.2, 0) is 6.54 Å². The highest BCUT2D eigenvalue weighted by Crippen LogP contribution is 2.26. The average molecular weight is 258 g/mol. The number of pyridine rings is 1. The van der Waals surface area contributed by atoms with Gasteiger partial charge < -0.3 is 10.1 Å². The van der Waals surface area contributed by atoms with Gasteiger partial charge in [0.1, 0.15) is 0 Å². The summed E-state index contributed by atoms with van der Waals surface area (Å²) in [5.74, 6) is 0.754. The van der Waals surface area contributed by atoms with E-state index in [9.17, 15) is 0 Å². The SMILES string of the molecule is CCCCOc1ncc(CNCC)c2ccccc12. The molecule has 102 valence electrons. The number of unbranched alkanes of at least 4 members (excludes halogenated alkanes) is 1. The number of benzene rings is 1. The molecule has 0 fully saturated rings. The standard InChI is InChI=1S/C16H22N2O/c1-3-5-10-19-16-15-9-7-6-8-14(15)13(12-18-16)11-17-4-2/h6-9,12,17H,3-5,10-11H2,1-2H3. The fraction of sp³-hybridized carbons (Fsp3) is 0.438. The van der Waals surface area contributed by atoms with E-state index in [1.807, 2.05) is 12.3 Å². The minimum absolute atomic E-state index is 0.736. The maximum atomic E-state index is 5.79. The van der Waals surface area contributed by atoms with Crippen molar-refractivity contribution in [3.63, 3.8) is 0 Å². The van der Waals surface area contributed by atoms with Crippen molar-refractivity contribution in [1.29, 1.82) is 0 Å². The first kappa shape index (κ1) is 13.8. The maximum Gasteiger partial charge on any atom is 0.221 e. The van der Waals surface area contributed by atoms with Gasteiger partial charge in [-0.1, -0.05) is 38.5 Å². The molecule has 0 aliphatic rings. The molecule has 1 heterocycles. The Bertz CT molecular complexity index is 525. The van der Waals surface area contributed by atoms with E-state index in [4.69, 9.17) is 4.74 Å². The molecule has 0 spiro atoms. The largest absolute Gasteiger partial charge is 0.477 e. The Labute approximate surface area is 115 Å². The van der Waals surface area contributed by atoms with E-state index in [1.165, 1.54) is 10.9 Å². The molecule has 2 aromatic rings. The average Bonchev–Trinajstić information content (AvgIpc) is 2.46. The molecule has 0 bridgehead atoms. The lowest BCUT2D eigenvalue weighted by Gasteiger charge is -2.11. The van der Waals surface area contributed by atoms with Crippen LogP contribution in [0.15, 0.2) is 30.5 Å². The second-order valence-corrected chi connectivity index (χ2v) is 4.62. The first-order chi connectivity index (χ1) is 9.36. The normalized spacial score (nSPS) is 10.8. The van der Waals surface area contributed by atoms with Gasteiger partial charge in [0, 0.05) is 18.1 Å². The highest BCUT2D eigenvalue weighted by atomic mass is 16.5. The number of hydrogen-bond donors (Lipinski definition) is 1. The van der Waals surface area contributed by atoms with Crippen LogP contribution in [0.4, 0.5) is 0 Å². The Hall–Kier alpha value is -1.61. The molecule has 0 aliphatic heterocycles. The van der Waals surface area contributed by atoms with Crippen LogP contribution in [-0.4, -0.2) is 18.1 Å². The smallest absolute Gasteiger partial charge is 0.221 e. The van der Waals surface area contributed by atoms with Crippen molar-refractivity contribution in [2.24, 2.45) is 0 Å². The first-order valence-electron chi connectivity index (χ1n) is 7.07. The summed E-state index contributed by atoms with van der Waals surface area (Å²) in [6.45, 7) is 6.81. The Morgan fingerprint density at radius 2 is 1.95 bits per heavy atom. The van der Waals surface area contributed by atoms with Crippen molar-refractivity contribution in [3.8, 4) is 5.88 Å². The summed E-state index contributed by atoms with van der Waals surface area (Å²) in [6, 6.07) is 8.32. The molecule has 1 aromatic carbocycles. The molecule has 3 nitrogen and oxygen atoms in total. The summed E-state index contributed by atoms with van der Waals surface area (Å²) in [6.07, 6.45) is 4.12. The number of fused-ring (bicyclic) bond motifs is 1. The number of rotatable bonds is 7. The molecule has 0 atom stereocenters. The second kappa shape index (κ2) is 7.10. The lowest BCUT2D eigenvalue weighted by atomic mass is 10.1. The van der Waals surface area contributed by atoms with E-state index >= 15 is 0 Å². The fourth-order valence-corrected chi connectivity index (χ4v) is 2.05. The summed E-state index contributed by atoms with van der Waals surface area (Å²) in [5, 5.41) is 5.68. The molecule has 2 rings (SSSR count). The van der Waals surface area contributed by atoms with Crippen LogP contribution in [0.3, 0.4) is 0 Å². The van der Waals surface area contributed by atoms with Crippen LogP contribution in [0.5, 0.6) is 5.88 Å². The predicted octanol–water partition coefficient (Wildman–Crippen LogP) is 3.52. The van der Waals surface area contributed by atoms with Crippen molar-refractivity contribution < 1.29 is 4.74 Å². The number of nitrogens with zero attached hydrogens (tertiary/aromatic N) is 1. The molecule has 0 saturated carbocycles. The number of nitrogens with one attached hydrogen (secondary N) is 1. The highest BCUT2D eigenvalue weighted by molar-refractivity contribution is 5.89.